The maximum atomic E-state index is 13.2. The topological polar surface area (TPSA) is 78.9 Å². The van der Waals surface area contributed by atoms with Gasteiger partial charge < -0.3 is 14.7 Å². The van der Waals surface area contributed by atoms with Gasteiger partial charge in [0, 0.05) is 11.6 Å². The number of nitrogens with one attached hydrogen (secondary N) is 1. The second kappa shape index (κ2) is 6.79. The molecular weight excluding hydrogens is 424 g/mol. The summed E-state index contributed by atoms with van der Waals surface area (Å²) in [6, 6.07) is 13.4. The van der Waals surface area contributed by atoms with Gasteiger partial charge in [-0.2, -0.15) is 0 Å². The SMILES string of the molecule is Cc1ccccc1CS(=O)(=O)N[C@H]1CC[C@@]2(O)[C@H]3Cc4cccc5c4[C@@]2(CCN3C)[C@H]1O5. The average Bonchev–Trinajstić information content (AvgIpc) is 3.09. The first-order valence-corrected chi connectivity index (χ1v) is 13.2. The van der Waals surface area contributed by atoms with Crippen molar-refractivity contribution in [2.24, 2.45) is 0 Å². The molecule has 0 aromatic heterocycles. The van der Waals surface area contributed by atoms with Crippen molar-refractivity contribution in [3.63, 3.8) is 0 Å². The zero-order chi connectivity index (χ0) is 22.3. The van der Waals surface area contributed by atoms with Gasteiger partial charge in [0.2, 0.25) is 10.0 Å². The zero-order valence-corrected chi connectivity index (χ0v) is 19.4. The normalized spacial score (nSPS) is 35.3. The third-order valence-electron chi connectivity index (χ3n) is 8.57. The molecule has 0 unspecified atom stereocenters. The number of piperidine rings is 1. The van der Waals surface area contributed by atoms with Gasteiger partial charge in [0.05, 0.1) is 22.8 Å². The second-order valence-corrected chi connectivity index (χ2v) is 11.9. The number of ether oxygens (including phenoxy) is 1. The maximum Gasteiger partial charge on any atom is 0.216 e. The van der Waals surface area contributed by atoms with Crippen molar-refractivity contribution in [3.05, 3.63) is 64.7 Å². The Morgan fingerprint density at radius 3 is 2.81 bits per heavy atom. The molecule has 1 spiro atoms. The number of hydrogen-bond acceptors (Lipinski definition) is 5. The first kappa shape index (κ1) is 20.7. The van der Waals surface area contributed by atoms with Gasteiger partial charge in [-0.15, -0.1) is 0 Å². The molecule has 0 radical (unpaired) electrons. The number of likely N-dealkylation sites (tertiary alicyclic amines) is 1. The summed E-state index contributed by atoms with van der Waals surface area (Å²) in [5, 5.41) is 12.2. The predicted octanol–water partition coefficient (Wildman–Crippen LogP) is 2.27. The molecule has 2 aromatic carbocycles. The third kappa shape index (κ3) is 2.65. The van der Waals surface area contributed by atoms with Gasteiger partial charge in [-0.25, -0.2) is 13.1 Å². The van der Waals surface area contributed by atoms with Crippen LogP contribution in [0.25, 0.3) is 0 Å². The molecule has 2 aliphatic heterocycles. The van der Waals surface area contributed by atoms with Crippen molar-refractivity contribution in [2.45, 2.75) is 67.6 Å². The van der Waals surface area contributed by atoms with Crippen LogP contribution in [0.5, 0.6) is 5.75 Å². The second-order valence-electron chi connectivity index (χ2n) is 10.1. The van der Waals surface area contributed by atoms with Crippen LogP contribution in [0.1, 0.15) is 41.5 Å². The number of rotatable bonds is 4. The number of nitrogens with zero attached hydrogens (tertiary/aromatic N) is 1. The van der Waals surface area contributed by atoms with Crippen LogP contribution in [0.2, 0.25) is 0 Å². The van der Waals surface area contributed by atoms with Crippen LogP contribution in [0.3, 0.4) is 0 Å². The van der Waals surface area contributed by atoms with Gasteiger partial charge in [0.1, 0.15) is 11.9 Å². The average molecular weight is 455 g/mol. The number of likely N-dealkylation sites (N-methyl/N-ethyl adjacent to an activating group) is 1. The van der Waals surface area contributed by atoms with E-state index in [-0.39, 0.29) is 17.8 Å². The number of aliphatic hydroxyl groups is 1. The maximum absolute atomic E-state index is 13.2. The summed E-state index contributed by atoms with van der Waals surface area (Å²) in [7, 11) is -1.49. The van der Waals surface area contributed by atoms with Crippen LogP contribution in [0, 0.1) is 6.92 Å². The summed E-state index contributed by atoms with van der Waals surface area (Å²) in [5.41, 5.74) is 2.65. The van der Waals surface area contributed by atoms with Gasteiger partial charge in [-0.1, -0.05) is 36.4 Å². The predicted molar refractivity (Wildman–Crippen MR) is 122 cm³/mol. The molecule has 1 saturated carbocycles. The Morgan fingerprint density at radius 2 is 2.00 bits per heavy atom. The Balaban J connectivity index is 1.38. The minimum Gasteiger partial charge on any atom is -0.487 e. The molecule has 7 heteroatoms. The lowest BCUT2D eigenvalue weighted by Crippen LogP contribution is -2.77. The molecule has 6 rings (SSSR count). The molecule has 2 aliphatic carbocycles. The molecule has 32 heavy (non-hydrogen) atoms. The Kier molecular flexibility index (Phi) is 4.39. The molecule has 170 valence electrons. The quantitative estimate of drug-likeness (QED) is 0.741. The number of aryl methyl sites for hydroxylation is 1. The lowest BCUT2D eigenvalue weighted by Gasteiger charge is -2.63. The Hall–Kier alpha value is -1.93. The Bertz CT molecular complexity index is 1200. The lowest BCUT2D eigenvalue weighted by molar-refractivity contribution is -0.185. The number of benzene rings is 2. The van der Waals surface area contributed by atoms with Crippen molar-refractivity contribution in [2.75, 3.05) is 13.6 Å². The summed E-state index contributed by atoms with van der Waals surface area (Å²) >= 11 is 0. The standard InChI is InChI=1S/C25H30N2O4S/c1-16-6-3-4-7-18(16)15-32(29,30)26-19-10-11-25(28)21-14-17-8-5-9-20-22(17)24(25,23(19)31-20)12-13-27(21)2/h3-9,19,21,23,26,28H,10-15H2,1-2H3/t19-,21+,23-,24-,25+/m0/s1. The molecule has 1 saturated heterocycles. The van der Waals surface area contributed by atoms with E-state index in [0.29, 0.717) is 12.8 Å². The molecule has 4 aliphatic rings. The molecular formula is C25H30N2O4S. The Labute approximate surface area is 189 Å². The highest BCUT2D eigenvalue weighted by Crippen LogP contribution is 2.63. The largest absolute Gasteiger partial charge is 0.487 e. The molecule has 6 nitrogen and oxygen atoms in total. The summed E-state index contributed by atoms with van der Waals surface area (Å²) in [6.45, 7) is 2.80. The van der Waals surface area contributed by atoms with Crippen molar-refractivity contribution >= 4 is 10.0 Å². The number of hydrogen-bond donors (Lipinski definition) is 2. The summed E-state index contributed by atoms with van der Waals surface area (Å²) < 4.78 is 35.9. The minimum absolute atomic E-state index is 0.0210. The van der Waals surface area contributed by atoms with E-state index in [4.69, 9.17) is 4.74 Å². The molecule has 2 fully saturated rings. The van der Waals surface area contributed by atoms with E-state index in [1.165, 1.54) is 5.56 Å². The van der Waals surface area contributed by atoms with Crippen LogP contribution in [0.4, 0.5) is 0 Å². The molecule has 2 aromatic rings. The summed E-state index contributed by atoms with van der Waals surface area (Å²) in [4.78, 5) is 2.28. The van der Waals surface area contributed by atoms with E-state index in [1.807, 2.05) is 43.3 Å². The van der Waals surface area contributed by atoms with Crippen molar-refractivity contribution < 1.29 is 18.3 Å². The molecule has 0 amide bonds. The smallest absolute Gasteiger partial charge is 0.216 e. The molecule has 2 N–H and O–H groups in total. The zero-order valence-electron chi connectivity index (χ0n) is 18.5. The van der Waals surface area contributed by atoms with Crippen LogP contribution >= 0.6 is 0 Å². The molecule has 5 atom stereocenters. The van der Waals surface area contributed by atoms with Gasteiger partial charge in [-0.3, -0.25) is 0 Å². The van der Waals surface area contributed by atoms with Crippen LogP contribution in [-0.4, -0.2) is 55.8 Å². The van der Waals surface area contributed by atoms with Crippen LogP contribution in [0.15, 0.2) is 42.5 Å². The number of sulfonamides is 1. The van der Waals surface area contributed by atoms with Crippen LogP contribution < -0.4 is 9.46 Å². The fourth-order valence-electron chi connectivity index (χ4n) is 7.09. The highest BCUT2D eigenvalue weighted by atomic mass is 32.2. The Morgan fingerprint density at radius 1 is 1.19 bits per heavy atom. The van der Waals surface area contributed by atoms with Crippen molar-refractivity contribution in [1.82, 2.24) is 9.62 Å². The summed E-state index contributed by atoms with van der Waals surface area (Å²) in [6.07, 6.45) is 2.29. The fourth-order valence-corrected chi connectivity index (χ4v) is 8.61. The van der Waals surface area contributed by atoms with E-state index >= 15 is 0 Å². The fraction of sp³-hybridized carbons (Fsp3) is 0.520. The van der Waals surface area contributed by atoms with E-state index in [1.54, 1.807) is 0 Å². The van der Waals surface area contributed by atoms with E-state index in [2.05, 4.69) is 22.7 Å². The van der Waals surface area contributed by atoms with Gasteiger partial charge >= 0.3 is 0 Å². The van der Waals surface area contributed by atoms with Gasteiger partial charge in [0.25, 0.3) is 0 Å². The van der Waals surface area contributed by atoms with E-state index in [0.717, 1.165) is 41.8 Å². The lowest BCUT2D eigenvalue weighted by atomic mass is 9.48. The highest BCUT2D eigenvalue weighted by Gasteiger charge is 2.72. The van der Waals surface area contributed by atoms with Gasteiger partial charge in [0.15, 0.2) is 0 Å². The van der Waals surface area contributed by atoms with Gasteiger partial charge in [-0.05, 0) is 69.0 Å². The van der Waals surface area contributed by atoms with E-state index in [9.17, 15) is 13.5 Å². The first-order chi connectivity index (χ1) is 15.3. The summed E-state index contributed by atoms with van der Waals surface area (Å²) in [5.74, 6) is 0.767. The monoisotopic (exact) mass is 454 g/mol. The van der Waals surface area contributed by atoms with E-state index < -0.39 is 27.1 Å². The van der Waals surface area contributed by atoms with Crippen molar-refractivity contribution in [1.29, 1.82) is 0 Å². The highest BCUT2D eigenvalue weighted by molar-refractivity contribution is 7.88. The first-order valence-electron chi connectivity index (χ1n) is 11.5. The third-order valence-corrected chi connectivity index (χ3v) is 9.92. The molecule has 2 heterocycles. The van der Waals surface area contributed by atoms with Crippen molar-refractivity contribution in [3.8, 4) is 5.75 Å². The van der Waals surface area contributed by atoms with Crippen LogP contribution in [-0.2, 0) is 27.6 Å². The minimum atomic E-state index is -3.58. The molecule has 2 bridgehead atoms.